The Hall–Kier alpha value is -4.03. The minimum atomic E-state index is -3.93. The van der Waals surface area contributed by atoms with E-state index in [1.807, 2.05) is 13.0 Å². The fourth-order valence-electron chi connectivity index (χ4n) is 3.40. The Balaban J connectivity index is 1.62. The van der Waals surface area contributed by atoms with Gasteiger partial charge in [0.2, 0.25) is 0 Å². The van der Waals surface area contributed by atoms with Crippen molar-refractivity contribution >= 4 is 49.1 Å². The van der Waals surface area contributed by atoms with E-state index >= 15 is 0 Å². The molecule has 12 heteroatoms. The fraction of sp³-hybridized carbons (Fsp3) is 0.160. The van der Waals surface area contributed by atoms with Gasteiger partial charge >= 0.3 is 5.97 Å². The van der Waals surface area contributed by atoms with E-state index in [1.54, 1.807) is 16.7 Å². The van der Waals surface area contributed by atoms with E-state index in [0.717, 1.165) is 29.0 Å². The van der Waals surface area contributed by atoms with Gasteiger partial charge < -0.3 is 14.0 Å². The lowest BCUT2D eigenvalue weighted by Gasteiger charge is -2.08. The zero-order chi connectivity index (χ0) is 26.6. The number of anilines is 1. The molecule has 0 aliphatic rings. The van der Waals surface area contributed by atoms with Crippen LogP contribution in [0.3, 0.4) is 0 Å². The number of fused-ring (bicyclic) bond motifs is 1. The summed E-state index contributed by atoms with van der Waals surface area (Å²) in [6.07, 6.45) is 0. The highest BCUT2D eigenvalue weighted by Crippen LogP contribution is 2.24. The molecule has 192 valence electrons. The Morgan fingerprint density at radius 2 is 1.76 bits per heavy atom. The lowest BCUT2D eigenvalue weighted by atomic mass is 10.2. The predicted molar refractivity (Wildman–Crippen MR) is 137 cm³/mol. The summed E-state index contributed by atoms with van der Waals surface area (Å²) in [6.45, 7) is 2.22. The molecule has 0 bridgehead atoms. The number of hydrogen-bond acceptors (Lipinski definition) is 7. The molecule has 0 atom stereocenters. The van der Waals surface area contributed by atoms with E-state index < -0.39 is 27.7 Å². The average molecular weight is 544 g/mol. The Kier molecular flexibility index (Phi) is 7.69. The van der Waals surface area contributed by atoms with Crippen LogP contribution in [0.2, 0.25) is 0 Å². The maximum Gasteiger partial charge on any atom is 0.325 e. The highest BCUT2D eigenvalue weighted by molar-refractivity contribution is 7.92. The summed E-state index contributed by atoms with van der Waals surface area (Å²) < 4.78 is 53.2. The van der Waals surface area contributed by atoms with Crippen LogP contribution >= 0.6 is 11.3 Å². The summed E-state index contributed by atoms with van der Waals surface area (Å²) >= 11 is 1.22. The molecule has 0 saturated heterocycles. The second-order valence-corrected chi connectivity index (χ2v) is 10.4. The van der Waals surface area contributed by atoms with Gasteiger partial charge in [0.15, 0.2) is 4.80 Å². The zero-order valence-electron chi connectivity index (χ0n) is 19.8. The molecule has 0 fully saturated rings. The number of methoxy groups -OCH3 is 1. The first-order valence-electron chi connectivity index (χ1n) is 11.0. The molecule has 37 heavy (non-hydrogen) atoms. The number of nitrogens with zero attached hydrogens (tertiary/aromatic N) is 2. The highest BCUT2D eigenvalue weighted by Gasteiger charge is 2.16. The van der Waals surface area contributed by atoms with E-state index in [9.17, 15) is 22.4 Å². The van der Waals surface area contributed by atoms with Crippen LogP contribution in [0.5, 0.6) is 5.75 Å². The summed E-state index contributed by atoms with van der Waals surface area (Å²) in [5.41, 5.74) is 1.12. The molecule has 1 aromatic heterocycles. The SMILES string of the molecule is CCOc1ccc2c(c1)sc(=NC(=O)c1ccc(NS(=O)(=O)c3ccc(F)cc3)cc1)n2CC(=O)OC. The largest absolute Gasteiger partial charge is 0.494 e. The number of nitrogens with one attached hydrogen (secondary N) is 1. The number of thiazole rings is 1. The minimum Gasteiger partial charge on any atom is -0.494 e. The Bertz CT molecular complexity index is 1630. The van der Waals surface area contributed by atoms with Gasteiger partial charge in [-0.15, -0.1) is 0 Å². The maximum atomic E-state index is 13.1. The number of benzene rings is 3. The van der Waals surface area contributed by atoms with Gasteiger partial charge in [-0.1, -0.05) is 11.3 Å². The van der Waals surface area contributed by atoms with Crippen molar-refractivity contribution < 1.29 is 31.9 Å². The number of ether oxygens (including phenoxy) is 2. The molecular formula is C25H22FN3O6S2. The van der Waals surface area contributed by atoms with Crippen LogP contribution in [0.4, 0.5) is 10.1 Å². The second kappa shape index (κ2) is 10.9. The molecule has 1 N–H and O–H groups in total. The molecule has 4 rings (SSSR count). The van der Waals surface area contributed by atoms with Gasteiger partial charge in [-0.05, 0) is 73.7 Å². The first kappa shape index (κ1) is 26.0. The number of esters is 1. The lowest BCUT2D eigenvalue weighted by molar-refractivity contribution is -0.141. The quantitative estimate of drug-likeness (QED) is 0.337. The fourth-order valence-corrected chi connectivity index (χ4v) is 5.52. The van der Waals surface area contributed by atoms with E-state index in [1.165, 1.54) is 42.7 Å². The van der Waals surface area contributed by atoms with Gasteiger partial charge in [-0.2, -0.15) is 4.99 Å². The number of halogens is 1. The number of carbonyl (C=O) groups excluding carboxylic acids is 2. The molecule has 0 radical (unpaired) electrons. The molecular weight excluding hydrogens is 521 g/mol. The van der Waals surface area contributed by atoms with Crippen LogP contribution in [-0.2, 0) is 26.1 Å². The van der Waals surface area contributed by atoms with Gasteiger partial charge in [0, 0.05) is 11.3 Å². The predicted octanol–water partition coefficient (Wildman–Crippen LogP) is 3.96. The number of rotatable bonds is 8. The van der Waals surface area contributed by atoms with E-state index in [4.69, 9.17) is 9.47 Å². The van der Waals surface area contributed by atoms with Crippen LogP contribution in [0.15, 0.2) is 76.6 Å². The van der Waals surface area contributed by atoms with Crippen LogP contribution in [-0.4, -0.2) is 38.6 Å². The summed E-state index contributed by atoms with van der Waals surface area (Å²) in [7, 11) is -2.66. The van der Waals surface area contributed by atoms with Gasteiger partial charge in [0.1, 0.15) is 18.1 Å². The van der Waals surface area contributed by atoms with E-state index in [0.29, 0.717) is 22.7 Å². The number of amides is 1. The third-order valence-corrected chi connectivity index (χ3v) is 7.62. The third-order valence-electron chi connectivity index (χ3n) is 5.19. The Labute approximate surface area is 215 Å². The lowest BCUT2D eigenvalue weighted by Crippen LogP contribution is -2.22. The van der Waals surface area contributed by atoms with Crippen LogP contribution < -0.4 is 14.3 Å². The highest BCUT2D eigenvalue weighted by atomic mass is 32.2. The molecule has 4 aromatic rings. The van der Waals surface area contributed by atoms with Gasteiger partial charge in [0.05, 0.1) is 28.8 Å². The summed E-state index contributed by atoms with van der Waals surface area (Å²) in [5, 5.41) is 0. The van der Waals surface area contributed by atoms with Crippen molar-refractivity contribution in [3.05, 3.63) is 82.9 Å². The molecule has 0 unspecified atom stereocenters. The Morgan fingerprint density at radius 3 is 2.41 bits per heavy atom. The zero-order valence-corrected chi connectivity index (χ0v) is 21.4. The first-order chi connectivity index (χ1) is 17.7. The number of hydrogen-bond donors (Lipinski definition) is 1. The van der Waals surface area contributed by atoms with Gasteiger partial charge in [-0.3, -0.25) is 14.3 Å². The molecule has 0 aliphatic carbocycles. The second-order valence-electron chi connectivity index (χ2n) is 7.66. The molecule has 9 nitrogen and oxygen atoms in total. The summed E-state index contributed by atoms with van der Waals surface area (Å²) in [6, 6.07) is 15.5. The monoisotopic (exact) mass is 543 g/mol. The smallest absolute Gasteiger partial charge is 0.325 e. The van der Waals surface area contributed by atoms with Crippen molar-refractivity contribution in [2.75, 3.05) is 18.4 Å². The third kappa shape index (κ3) is 6.04. The topological polar surface area (TPSA) is 116 Å². The van der Waals surface area contributed by atoms with Crippen molar-refractivity contribution in [2.24, 2.45) is 4.99 Å². The Morgan fingerprint density at radius 1 is 1.05 bits per heavy atom. The molecule has 1 amide bonds. The van der Waals surface area contributed by atoms with Crippen LogP contribution in [0.1, 0.15) is 17.3 Å². The number of sulfonamides is 1. The van der Waals surface area contributed by atoms with Crippen molar-refractivity contribution in [3.63, 3.8) is 0 Å². The number of aromatic nitrogens is 1. The van der Waals surface area contributed by atoms with Crippen LogP contribution in [0, 0.1) is 5.82 Å². The molecule has 3 aromatic carbocycles. The van der Waals surface area contributed by atoms with Crippen molar-refractivity contribution in [2.45, 2.75) is 18.4 Å². The van der Waals surface area contributed by atoms with E-state index in [-0.39, 0.29) is 22.7 Å². The van der Waals surface area contributed by atoms with Crippen LogP contribution in [0.25, 0.3) is 10.2 Å². The molecule has 0 spiro atoms. The van der Waals surface area contributed by atoms with Gasteiger partial charge in [0.25, 0.3) is 15.9 Å². The molecule has 1 heterocycles. The first-order valence-corrected chi connectivity index (χ1v) is 13.3. The maximum absolute atomic E-state index is 13.1. The standard InChI is InChI=1S/C25H22FN3O6S2/c1-3-35-19-10-13-21-22(14-19)36-25(29(21)15-23(30)34-2)27-24(31)16-4-8-18(9-5-16)28-37(32,33)20-11-6-17(26)7-12-20/h4-14,28H,3,15H2,1-2H3. The summed E-state index contributed by atoms with van der Waals surface area (Å²) in [5.74, 6) is -0.978. The average Bonchev–Trinajstić information content (AvgIpc) is 3.20. The normalized spacial score (nSPS) is 11.9. The van der Waals surface area contributed by atoms with Crippen molar-refractivity contribution in [1.82, 2.24) is 4.57 Å². The number of carbonyl (C=O) groups is 2. The molecule has 0 saturated carbocycles. The van der Waals surface area contributed by atoms with Crippen molar-refractivity contribution in [3.8, 4) is 5.75 Å². The molecule has 0 aliphatic heterocycles. The van der Waals surface area contributed by atoms with Crippen molar-refractivity contribution in [1.29, 1.82) is 0 Å². The minimum absolute atomic E-state index is 0.100. The van der Waals surface area contributed by atoms with E-state index in [2.05, 4.69) is 9.71 Å². The van der Waals surface area contributed by atoms with Gasteiger partial charge in [-0.25, -0.2) is 12.8 Å². The summed E-state index contributed by atoms with van der Waals surface area (Å²) in [4.78, 5) is 29.3.